The third-order valence-electron chi connectivity index (χ3n) is 2.02. The van der Waals surface area contributed by atoms with Crippen molar-refractivity contribution in [2.75, 3.05) is 6.79 Å². The molecule has 1 aliphatic heterocycles. The lowest BCUT2D eigenvalue weighted by molar-refractivity contribution is 0.174. The van der Waals surface area contributed by atoms with E-state index in [-0.39, 0.29) is 6.79 Å². The van der Waals surface area contributed by atoms with Crippen molar-refractivity contribution >= 4 is 17.7 Å². The number of ether oxygens (including phenoxy) is 2. The van der Waals surface area contributed by atoms with Gasteiger partial charge in [-0.05, 0) is 24.6 Å². The van der Waals surface area contributed by atoms with Crippen molar-refractivity contribution in [2.24, 2.45) is 0 Å². The zero-order valence-corrected chi connectivity index (χ0v) is 8.99. The smallest absolute Gasteiger partial charge is 0.231 e. The van der Waals surface area contributed by atoms with Crippen LogP contribution in [0.4, 0.5) is 0 Å². The van der Waals surface area contributed by atoms with E-state index in [1.54, 1.807) is 25.1 Å². The number of benzene rings is 1. The van der Waals surface area contributed by atoms with E-state index in [1.807, 2.05) is 6.07 Å². The minimum absolute atomic E-state index is 0.207. The van der Waals surface area contributed by atoms with Gasteiger partial charge in [-0.25, -0.2) is 0 Å². The highest BCUT2D eigenvalue weighted by Gasteiger charge is 2.17. The molecule has 0 fully saturated rings. The lowest BCUT2D eigenvalue weighted by atomic mass is 10.1. The van der Waals surface area contributed by atoms with Crippen LogP contribution in [0.15, 0.2) is 18.2 Å². The summed E-state index contributed by atoms with van der Waals surface area (Å²) in [5.74, 6) is 1.23. The average Bonchev–Trinajstić information content (AvgIpc) is 2.63. The van der Waals surface area contributed by atoms with Crippen molar-refractivity contribution in [1.82, 2.24) is 0 Å². The fraction of sp³-hybridized carbons (Fsp3) is 0.273. The lowest BCUT2D eigenvalue weighted by Crippen LogP contribution is -1.93. The predicted molar refractivity (Wildman–Crippen MR) is 58.3 cm³/mol. The molecule has 80 valence electrons. The molecule has 1 N–H and O–H groups in total. The summed E-state index contributed by atoms with van der Waals surface area (Å²) in [6.45, 7) is 1.89. The van der Waals surface area contributed by atoms with Crippen molar-refractivity contribution in [3.8, 4) is 11.5 Å². The molecule has 1 aliphatic rings. The Morgan fingerprint density at radius 1 is 1.47 bits per heavy atom. The molecule has 1 aromatic carbocycles. The third kappa shape index (κ3) is 2.25. The number of rotatable bonds is 2. The molecule has 2 rings (SSSR count). The molecule has 1 heterocycles. The van der Waals surface area contributed by atoms with Crippen molar-refractivity contribution in [3.05, 3.63) is 28.8 Å². The molecule has 0 aliphatic carbocycles. The number of aliphatic hydroxyl groups excluding tert-OH is 1. The Morgan fingerprint density at radius 2 is 2.27 bits per heavy atom. The quantitative estimate of drug-likeness (QED) is 0.842. The second-order valence-electron chi connectivity index (χ2n) is 3.34. The second-order valence-corrected chi connectivity index (χ2v) is 3.74. The fourth-order valence-electron chi connectivity index (χ4n) is 1.33. The van der Waals surface area contributed by atoms with Crippen LogP contribution in [-0.4, -0.2) is 18.0 Å². The number of fused-ring (bicyclic) bond motifs is 1. The zero-order valence-electron chi connectivity index (χ0n) is 8.24. The normalized spacial score (nSPS) is 15.9. The van der Waals surface area contributed by atoms with Gasteiger partial charge in [0.05, 0.1) is 11.1 Å². The van der Waals surface area contributed by atoms with E-state index in [4.69, 9.17) is 26.2 Å². The molecular formula is C11H11ClO3. The average molecular weight is 227 g/mol. The molecule has 1 atom stereocenters. The van der Waals surface area contributed by atoms with E-state index in [9.17, 15) is 0 Å². The summed E-state index contributed by atoms with van der Waals surface area (Å²) in [5, 5.41) is 9.62. The lowest BCUT2D eigenvalue weighted by Gasteiger charge is -2.01. The molecule has 3 nitrogen and oxygen atoms in total. The van der Waals surface area contributed by atoms with Gasteiger partial charge >= 0.3 is 0 Å². The molecule has 15 heavy (non-hydrogen) atoms. The first-order valence-corrected chi connectivity index (χ1v) is 5.00. The van der Waals surface area contributed by atoms with Crippen LogP contribution >= 0.6 is 11.6 Å². The largest absolute Gasteiger partial charge is 0.454 e. The van der Waals surface area contributed by atoms with E-state index in [0.717, 1.165) is 5.56 Å². The van der Waals surface area contributed by atoms with Crippen LogP contribution in [-0.2, 0) is 0 Å². The highest BCUT2D eigenvalue weighted by molar-refractivity contribution is 6.32. The summed E-state index contributed by atoms with van der Waals surface area (Å²) < 4.78 is 10.4. The summed E-state index contributed by atoms with van der Waals surface area (Å²) >= 11 is 5.99. The van der Waals surface area contributed by atoms with E-state index < -0.39 is 6.10 Å². The van der Waals surface area contributed by atoms with Gasteiger partial charge in [0.25, 0.3) is 0 Å². The van der Waals surface area contributed by atoms with Gasteiger partial charge in [0.1, 0.15) is 0 Å². The van der Waals surface area contributed by atoms with E-state index in [1.165, 1.54) is 0 Å². The van der Waals surface area contributed by atoms with Crippen LogP contribution in [0.5, 0.6) is 11.5 Å². The van der Waals surface area contributed by atoms with Crippen LogP contribution in [0, 0.1) is 0 Å². The SMILES string of the molecule is CC(O)/C=C/c1cc(Cl)c2c(c1)OCO2. The Balaban J connectivity index is 2.31. The maximum Gasteiger partial charge on any atom is 0.231 e. The fourth-order valence-corrected chi connectivity index (χ4v) is 1.61. The van der Waals surface area contributed by atoms with Crippen molar-refractivity contribution < 1.29 is 14.6 Å². The number of halogens is 1. The van der Waals surface area contributed by atoms with Gasteiger partial charge < -0.3 is 14.6 Å². The van der Waals surface area contributed by atoms with Gasteiger partial charge in [0, 0.05) is 0 Å². The first-order chi connectivity index (χ1) is 7.16. The van der Waals surface area contributed by atoms with Gasteiger partial charge in [0.15, 0.2) is 11.5 Å². The van der Waals surface area contributed by atoms with Crippen LogP contribution in [0.3, 0.4) is 0 Å². The molecule has 0 aromatic heterocycles. The minimum atomic E-state index is -0.478. The highest BCUT2D eigenvalue weighted by atomic mass is 35.5. The number of hydrogen-bond acceptors (Lipinski definition) is 3. The van der Waals surface area contributed by atoms with Gasteiger partial charge in [-0.15, -0.1) is 0 Å². The molecule has 0 radical (unpaired) electrons. The predicted octanol–water partition coefficient (Wildman–Crippen LogP) is 2.46. The first-order valence-electron chi connectivity index (χ1n) is 4.62. The van der Waals surface area contributed by atoms with E-state index >= 15 is 0 Å². The maximum absolute atomic E-state index is 9.10. The summed E-state index contributed by atoms with van der Waals surface area (Å²) in [5.41, 5.74) is 0.880. The van der Waals surface area contributed by atoms with Crippen LogP contribution in [0.25, 0.3) is 6.08 Å². The highest BCUT2D eigenvalue weighted by Crippen LogP contribution is 2.40. The molecule has 4 heteroatoms. The molecule has 1 aromatic rings. The van der Waals surface area contributed by atoms with Crippen molar-refractivity contribution in [2.45, 2.75) is 13.0 Å². The molecular weight excluding hydrogens is 216 g/mol. The molecule has 0 amide bonds. The Hall–Kier alpha value is -1.19. The monoisotopic (exact) mass is 226 g/mol. The van der Waals surface area contributed by atoms with Crippen LogP contribution in [0.2, 0.25) is 5.02 Å². The Labute approximate surface area is 92.9 Å². The van der Waals surface area contributed by atoms with Crippen LogP contribution < -0.4 is 9.47 Å². The van der Waals surface area contributed by atoms with E-state index in [0.29, 0.717) is 16.5 Å². The van der Waals surface area contributed by atoms with Gasteiger partial charge in [-0.1, -0.05) is 23.8 Å². The Kier molecular flexibility index (Phi) is 2.84. The minimum Gasteiger partial charge on any atom is -0.454 e. The Morgan fingerprint density at radius 3 is 3.00 bits per heavy atom. The van der Waals surface area contributed by atoms with Gasteiger partial charge in [-0.2, -0.15) is 0 Å². The topological polar surface area (TPSA) is 38.7 Å². The second kappa shape index (κ2) is 4.13. The molecule has 0 saturated carbocycles. The maximum atomic E-state index is 9.10. The Bertz CT molecular complexity index is 399. The number of hydrogen-bond donors (Lipinski definition) is 1. The van der Waals surface area contributed by atoms with Crippen molar-refractivity contribution in [3.63, 3.8) is 0 Å². The standard InChI is InChI=1S/C11H11ClO3/c1-7(13)2-3-8-4-9(12)11-10(5-8)14-6-15-11/h2-5,7,13H,6H2,1H3/b3-2+. The number of aliphatic hydroxyl groups is 1. The summed E-state index contributed by atoms with van der Waals surface area (Å²) in [6, 6.07) is 3.60. The summed E-state index contributed by atoms with van der Waals surface area (Å²) in [7, 11) is 0. The van der Waals surface area contributed by atoms with Gasteiger partial charge in [0.2, 0.25) is 6.79 Å². The zero-order chi connectivity index (χ0) is 10.8. The molecule has 0 saturated heterocycles. The molecule has 1 unspecified atom stereocenters. The third-order valence-corrected chi connectivity index (χ3v) is 2.30. The summed E-state index contributed by atoms with van der Waals surface area (Å²) in [4.78, 5) is 0. The van der Waals surface area contributed by atoms with E-state index in [2.05, 4.69) is 0 Å². The molecule has 0 spiro atoms. The van der Waals surface area contributed by atoms with Gasteiger partial charge in [-0.3, -0.25) is 0 Å². The summed E-state index contributed by atoms with van der Waals surface area (Å²) in [6.07, 6.45) is 2.99. The molecule has 0 bridgehead atoms. The first kappa shape index (κ1) is 10.3. The van der Waals surface area contributed by atoms with Crippen molar-refractivity contribution in [1.29, 1.82) is 0 Å². The van der Waals surface area contributed by atoms with Crippen LogP contribution in [0.1, 0.15) is 12.5 Å².